The van der Waals surface area contributed by atoms with Crippen LogP contribution >= 0.6 is 0 Å². The lowest BCUT2D eigenvalue weighted by atomic mass is 10.1. The molecule has 0 amide bonds. The topological polar surface area (TPSA) is 49.5 Å². The fraction of sp³-hybridized carbons (Fsp3) is 0.538. The lowest BCUT2D eigenvalue weighted by Crippen LogP contribution is -2.36. The zero-order chi connectivity index (χ0) is 12.0. The van der Waals surface area contributed by atoms with Gasteiger partial charge in [-0.15, -0.1) is 0 Å². The van der Waals surface area contributed by atoms with Crippen molar-refractivity contribution in [2.45, 2.75) is 32.8 Å². The summed E-state index contributed by atoms with van der Waals surface area (Å²) in [7, 11) is 0. The van der Waals surface area contributed by atoms with Crippen LogP contribution in [0.5, 0.6) is 0 Å². The quantitative estimate of drug-likeness (QED) is 0.717. The Morgan fingerprint density at radius 2 is 1.75 bits per heavy atom. The first-order valence-corrected chi connectivity index (χ1v) is 6.05. The standard InChI is InChI=1S/C11H16N2O.C2H6/c12-10-3-1-2-4-11(10)13-7-5-9(14)6-8-13;1-2/h1-4,9,14H,5-8,12H2;1-2H3. The van der Waals surface area contributed by atoms with E-state index in [0.717, 1.165) is 37.3 Å². The Labute approximate surface area is 97.9 Å². The van der Waals surface area contributed by atoms with Gasteiger partial charge in [0.2, 0.25) is 0 Å². The van der Waals surface area contributed by atoms with Crippen LogP contribution in [0.15, 0.2) is 24.3 Å². The molecule has 3 N–H and O–H groups in total. The van der Waals surface area contributed by atoms with Gasteiger partial charge in [-0.3, -0.25) is 0 Å². The molecule has 1 saturated heterocycles. The summed E-state index contributed by atoms with van der Waals surface area (Å²) in [4.78, 5) is 2.24. The molecule has 0 aromatic heterocycles. The molecule has 1 aliphatic heterocycles. The molecule has 3 nitrogen and oxygen atoms in total. The van der Waals surface area contributed by atoms with Crippen molar-refractivity contribution < 1.29 is 5.11 Å². The summed E-state index contributed by atoms with van der Waals surface area (Å²) in [5.74, 6) is 0. The van der Waals surface area contributed by atoms with E-state index in [9.17, 15) is 5.11 Å². The minimum atomic E-state index is -0.129. The SMILES string of the molecule is CC.Nc1ccccc1N1CCC(O)CC1. The van der Waals surface area contributed by atoms with Crippen LogP contribution in [0.4, 0.5) is 11.4 Å². The smallest absolute Gasteiger partial charge is 0.0599 e. The second-order valence-electron chi connectivity index (χ2n) is 3.78. The Morgan fingerprint density at radius 3 is 2.31 bits per heavy atom. The molecule has 3 heteroatoms. The van der Waals surface area contributed by atoms with Crippen molar-refractivity contribution in [2.75, 3.05) is 23.7 Å². The number of hydrogen-bond donors (Lipinski definition) is 2. The van der Waals surface area contributed by atoms with Crippen molar-refractivity contribution in [2.24, 2.45) is 0 Å². The van der Waals surface area contributed by atoms with Crippen LogP contribution < -0.4 is 10.6 Å². The third-order valence-corrected chi connectivity index (χ3v) is 2.74. The molecule has 2 rings (SSSR count). The zero-order valence-electron chi connectivity index (χ0n) is 10.2. The van der Waals surface area contributed by atoms with Gasteiger partial charge in [0.1, 0.15) is 0 Å². The summed E-state index contributed by atoms with van der Waals surface area (Å²) in [6.45, 7) is 5.80. The van der Waals surface area contributed by atoms with E-state index in [0.29, 0.717) is 0 Å². The molecule has 0 unspecified atom stereocenters. The van der Waals surface area contributed by atoms with Crippen LogP contribution in [0, 0.1) is 0 Å². The summed E-state index contributed by atoms with van der Waals surface area (Å²) in [5.41, 5.74) is 7.80. The van der Waals surface area contributed by atoms with Crippen molar-refractivity contribution in [1.82, 2.24) is 0 Å². The molecular weight excluding hydrogens is 200 g/mol. The highest BCUT2D eigenvalue weighted by molar-refractivity contribution is 5.67. The van der Waals surface area contributed by atoms with E-state index in [-0.39, 0.29) is 6.10 Å². The van der Waals surface area contributed by atoms with Gasteiger partial charge in [0, 0.05) is 13.1 Å². The molecule has 0 radical (unpaired) electrons. The summed E-state index contributed by atoms with van der Waals surface area (Å²) in [6.07, 6.45) is 1.55. The van der Waals surface area contributed by atoms with Crippen molar-refractivity contribution in [3.63, 3.8) is 0 Å². The first kappa shape index (κ1) is 12.8. The molecule has 1 aromatic carbocycles. The highest BCUT2D eigenvalue weighted by Gasteiger charge is 2.18. The van der Waals surface area contributed by atoms with E-state index in [1.54, 1.807) is 0 Å². The minimum absolute atomic E-state index is 0.129. The number of nitrogen functional groups attached to an aromatic ring is 1. The van der Waals surface area contributed by atoms with Gasteiger partial charge in [0.05, 0.1) is 17.5 Å². The van der Waals surface area contributed by atoms with Crippen LogP contribution in [0.25, 0.3) is 0 Å². The molecule has 90 valence electrons. The summed E-state index contributed by atoms with van der Waals surface area (Å²) in [6, 6.07) is 7.89. The molecule has 1 aliphatic rings. The number of nitrogens with two attached hydrogens (primary N) is 1. The predicted molar refractivity (Wildman–Crippen MR) is 69.7 cm³/mol. The zero-order valence-corrected chi connectivity index (χ0v) is 10.2. The van der Waals surface area contributed by atoms with Gasteiger partial charge in [-0.2, -0.15) is 0 Å². The number of aliphatic hydroxyl groups excluding tert-OH is 1. The Hall–Kier alpha value is -1.22. The molecule has 1 heterocycles. The minimum Gasteiger partial charge on any atom is -0.397 e. The van der Waals surface area contributed by atoms with Crippen molar-refractivity contribution in [3.05, 3.63) is 24.3 Å². The fourth-order valence-electron chi connectivity index (χ4n) is 1.88. The van der Waals surface area contributed by atoms with Crippen molar-refractivity contribution >= 4 is 11.4 Å². The van der Waals surface area contributed by atoms with Gasteiger partial charge in [0.25, 0.3) is 0 Å². The Kier molecular flexibility index (Phi) is 5.12. The van der Waals surface area contributed by atoms with Crippen LogP contribution in [-0.2, 0) is 0 Å². The molecular formula is C13H22N2O. The van der Waals surface area contributed by atoms with E-state index in [4.69, 9.17) is 5.73 Å². The van der Waals surface area contributed by atoms with E-state index in [1.807, 2.05) is 38.1 Å². The number of anilines is 2. The molecule has 16 heavy (non-hydrogen) atoms. The largest absolute Gasteiger partial charge is 0.397 e. The second kappa shape index (κ2) is 6.38. The third kappa shape index (κ3) is 3.14. The number of piperidine rings is 1. The highest BCUT2D eigenvalue weighted by atomic mass is 16.3. The average Bonchev–Trinajstić information content (AvgIpc) is 2.34. The molecule has 0 atom stereocenters. The second-order valence-corrected chi connectivity index (χ2v) is 3.78. The average molecular weight is 222 g/mol. The lowest BCUT2D eigenvalue weighted by Gasteiger charge is -2.32. The predicted octanol–water partition coefficient (Wildman–Crippen LogP) is 2.26. The number of para-hydroxylation sites is 2. The fourth-order valence-corrected chi connectivity index (χ4v) is 1.88. The molecule has 0 saturated carbocycles. The van der Waals surface area contributed by atoms with Crippen LogP contribution in [-0.4, -0.2) is 24.3 Å². The Balaban J connectivity index is 0.000000606. The van der Waals surface area contributed by atoms with Crippen LogP contribution in [0.1, 0.15) is 26.7 Å². The normalized spacial score (nSPS) is 16.6. The molecule has 1 aromatic rings. The first-order valence-electron chi connectivity index (χ1n) is 6.05. The van der Waals surface area contributed by atoms with Crippen LogP contribution in [0.2, 0.25) is 0 Å². The highest BCUT2D eigenvalue weighted by Crippen LogP contribution is 2.25. The molecule has 0 spiro atoms. The van der Waals surface area contributed by atoms with Gasteiger partial charge in [-0.25, -0.2) is 0 Å². The van der Waals surface area contributed by atoms with E-state index in [2.05, 4.69) is 4.90 Å². The van der Waals surface area contributed by atoms with Crippen molar-refractivity contribution in [3.8, 4) is 0 Å². The maximum atomic E-state index is 9.39. The number of rotatable bonds is 1. The first-order chi connectivity index (χ1) is 7.77. The maximum Gasteiger partial charge on any atom is 0.0599 e. The Bertz CT molecular complexity index is 307. The lowest BCUT2D eigenvalue weighted by molar-refractivity contribution is 0.145. The number of nitrogens with zero attached hydrogens (tertiary/aromatic N) is 1. The van der Waals surface area contributed by atoms with Crippen molar-refractivity contribution in [1.29, 1.82) is 0 Å². The molecule has 1 fully saturated rings. The van der Waals surface area contributed by atoms with Gasteiger partial charge >= 0.3 is 0 Å². The van der Waals surface area contributed by atoms with E-state index < -0.39 is 0 Å². The summed E-state index contributed by atoms with van der Waals surface area (Å²) >= 11 is 0. The maximum absolute atomic E-state index is 9.39. The third-order valence-electron chi connectivity index (χ3n) is 2.74. The van der Waals surface area contributed by atoms with Crippen LogP contribution in [0.3, 0.4) is 0 Å². The monoisotopic (exact) mass is 222 g/mol. The summed E-state index contributed by atoms with van der Waals surface area (Å²) < 4.78 is 0. The number of aliphatic hydroxyl groups is 1. The Morgan fingerprint density at radius 1 is 1.19 bits per heavy atom. The summed E-state index contributed by atoms with van der Waals surface area (Å²) in [5, 5.41) is 9.39. The van der Waals surface area contributed by atoms with Gasteiger partial charge < -0.3 is 15.7 Å². The van der Waals surface area contributed by atoms with E-state index in [1.165, 1.54) is 0 Å². The molecule has 0 bridgehead atoms. The number of benzene rings is 1. The number of hydrogen-bond acceptors (Lipinski definition) is 3. The van der Waals surface area contributed by atoms with Gasteiger partial charge in [-0.05, 0) is 25.0 Å². The van der Waals surface area contributed by atoms with Gasteiger partial charge in [-0.1, -0.05) is 26.0 Å². The van der Waals surface area contributed by atoms with Gasteiger partial charge in [0.15, 0.2) is 0 Å². The van der Waals surface area contributed by atoms with E-state index >= 15 is 0 Å². The molecule has 0 aliphatic carbocycles.